The number of sulfonamides is 1. The molecule has 0 aliphatic heterocycles. The van der Waals surface area contributed by atoms with E-state index in [4.69, 9.17) is 4.74 Å². The van der Waals surface area contributed by atoms with Gasteiger partial charge in [-0.25, -0.2) is 12.7 Å². The molecule has 0 aromatic heterocycles. The Bertz CT molecular complexity index is 837. The Hall–Kier alpha value is -1.86. The number of carbonyl (C=O) groups excluding carboxylic acids is 1. The zero-order valence-corrected chi connectivity index (χ0v) is 17.3. The maximum absolute atomic E-state index is 12.8. The number of rotatable bonds is 6. The fourth-order valence-corrected chi connectivity index (χ4v) is 4.14. The highest BCUT2D eigenvalue weighted by molar-refractivity contribution is 7.89. The number of carbonyl (C=O) groups is 1. The highest BCUT2D eigenvalue weighted by atomic mass is 32.2. The number of benzene rings is 1. The SMILES string of the molecule is COc1ccc(S(=O)(=O)N(C)C)cc1NC(=O)C1C(C=C(C)C)C1(C)C. The van der Waals surface area contributed by atoms with Crippen molar-refractivity contribution in [3.63, 3.8) is 0 Å². The van der Waals surface area contributed by atoms with Crippen LogP contribution in [0.3, 0.4) is 0 Å². The fourth-order valence-electron chi connectivity index (χ4n) is 3.22. The lowest BCUT2D eigenvalue weighted by atomic mass is 10.1. The molecule has 2 atom stereocenters. The average Bonchev–Trinajstić information content (AvgIpc) is 3.06. The van der Waals surface area contributed by atoms with Gasteiger partial charge in [0.05, 0.1) is 23.6 Å². The molecule has 0 heterocycles. The fraction of sp³-hybridized carbons (Fsp3) is 0.526. The molecule has 144 valence electrons. The largest absolute Gasteiger partial charge is 0.495 e. The molecule has 6 nitrogen and oxygen atoms in total. The molecule has 0 radical (unpaired) electrons. The zero-order valence-electron chi connectivity index (χ0n) is 16.5. The Morgan fingerprint density at radius 2 is 1.88 bits per heavy atom. The quantitative estimate of drug-likeness (QED) is 0.770. The lowest BCUT2D eigenvalue weighted by Crippen LogP contribution is -2.23. The molecular weight excluding hydrogens is 352 g/mol. The first-order chi connectivity index (χ1) is 11.9. The highest BCUT2D eigenvalue weighted by Crippen LogP contribution is 2.59. The van der Waals surface area contributed by atoms with Crippen LogP contribution in [0.5, 0.6) is 5.75 Å². The van der Waals surface area contributed by atoms with Crippen LogP contribution in [0.2, 0.25) is 0 Å². The Morgan fingerprint density at radius 3 is 2.38 bits per heavy atom. The predicted octanol–water partition coefficient (Wildman–Crippen LogP) is 3.12. The van der Waals surface area contributed by atoms with Crippen molar-refractivity contribution in [1.82, 2.24) is 4.31 Å². The van der Waals surface area contributed by atoms with Crippen molar-refractivity contribution in [2.75, 3.05) is 26.5 Å². The van der Waals surface area contributed by atoms with E-state index in [9.17, 15) is 13.2 Å². The van der Waals surface area contributed by atoms with Gasteiger partial charge in [-0.15, -0.1) is 0 Å². The molecule has 1 amide bonds. The van der Waals surface area contributed by atoms with E-state index in [-0.39, 0.29) is 28.1 Å². The van der Waals surface area contributed by atoms with Crippen LogP contribution in [0.4, 0.5) is 5.69 Å². The topological polar surface area (TPSA) is 75.7 Å². The summed E-state index contributed by atoms with van der Waals surface area (Å²) in [6.45, 7) is 8.15. The van der Waals surface area contributed by atoms with Gasteiger partial charge in [0, 0.05) is 14.1 Å². The Morgan fingerprint density at radius 1 is 1.27 bits per heavy atom. The van der Waals surface area contributed by atoms with E-state index in [0.717, 1.165) is 4.31 Å². The number of allylic oxidation sites excluding steroid dienone is 2. The maximum atomic E-state index is 12.8. The second-order valence-electron chi connectivity index (χ2n) is 7.71. The summed E-state index contributed by atoms with van der Waals surface area (Å²) in [5, 5.41) is 2.86. The van der Waals surface area contributed by atoms with Crippen LogP contribution in [-0.4, -0.2) is 39.8 Å². The number of nitrogens with one attached hydrogen (secondary N) is 1. The highest BCUT2D eigenvalue weighted by Gasteiger charge is 2.60. The first-order valence-electron chi connectivity index (χ1n) is 8.49. The van der Waals surface area contributed by atoms with E-state index >= 15 is 0 Å². The molecule has 2 unspecified atom stereocenters. The van der Waals surface area contributed by atoms with E-state index in [0.29, 0.717) is 11.4 Å². The first kappa shape index (κ1) is 20.5. The van der Waals surface area contributed by atoms with Crippen LogP contribution in [0.25, 0.3) is 0 Å². The molecule has 1 N–H and O–H groups in total. The molecule has 1 fully saturated rings. The number of anilines is 1. The molecule has 1 aliphatic rings. The summed E-state index contributed by atoms with van der Waals surface area (Å²) in [6, 6.07) is 4.46. The van der Waals surface area contributed by atoms with Crippen LogP contribution in [0.15, 0.2) is 34.7 Å². The summed E-state index contributed by atoms with van der Waals surface area (Å²) in [5.41, 5.74) is 1.41. The number of methoxy groups -OCH3 is 1. The van der Waals surface area contributed by atoms with Gasteiger partial charge in [0.1, 0.15) is 5.75 Å². The van der Waals surface area contributed by atoms with E-state index in [1.807, 2.05) is 13.8 Å². The van der Waals surface area contributed by atoms with Crippen LogP contribution < -0.4 is 10.1 Å². The van der Waals surface area contributed by atoms with Gasteiger partial charge in [0.2, 0.25) is 15.9 Å². The van der Waals surface area contributed by atoms with Crippen molar-refractivity contribution in [2.24, 2.45) is 17.3 Å². The van der Waals surface area contributed by atoms with Gasteiger partial charge in [-0.05, 0) is 43.4 Å². The van der Waals surface area contributed by atoms with Gasteiger partial charge >= 0.3 is 0 Å². The number of hydrogen-bond donors (Lipinski definition) is 1. The second-order valence-corrected chi connectivity index (χ2v) is 9.86. The van der Waals surface area contributed by atoms with Gasteiger partial charge in [-0.2, -0.15) is 0 Å². The first-order valence-corrected chi connectivity index (χ1v) is 9.93. The van der Waals surface area contributed by atoms with Crippen LogP contribution in [0, 0.1) is 17.3 Å². The van der Waals surface area contributed by atoms with Crippen LogP contribution in [0.1, 0.15) is 27.7 Å². The van der Waals surface area contributed by atoms with Crippen molar-refractivity contribution >= 4 is 21.6 Å². The Balaban J connectivity index is 2.32. The van der Waals surface area contributed by atoms with E-state index < -0.39 is 10.0 Å². The Kier molecular flexibility index (Phi) is 5.54. The van der Waals surface area contributed by atoms with Crippen molar-refractivity contribution in [3.05, 3.63) is 29.8 Å². The van der Waals surface area contributed by atoms with Gasteiger partial charge in [0.25, 0.3) is 0 Å². The summed E-state index contributed by atoms with van der Waals surface area (Å²) < 4.78 is 31.1. The van der Waals surface area contributed by atoms with Crippen molar-refractivity contribution in [1.29, 1.82) is 0 Å². The minimum atomic E-state index is -3.60. The third-order valence-corrected chi connectivity index (χ3v) is 6.72. The summed E-state index contributed by atoms with van der Waals surface area (Å²) in [5.74, 6) is 0.312. The molecule has 1 saturated carbocycles. The lowest BCUT2D eigenvalue weighted by molar-refractivity contribution is -0.118. The second kappa shape index (κ2) is 7.04. The summed E-state index contributed by atoms with van der Waals surface area (Å²) >= 11 is 0. The van der Waals surface area contributed by atoms with Gasteiger partial charge in [0.15, 0.2) is 0 Å². The maximum Gasteiger partial charge on any atom is 0.242 e. The molecule has 1 aliphatic carbocycles. The van der Waals surface area contributed by atoms with E-state index in [1.54, 1.807) is 6.07 Å². The van der Waals surface area contributed by atoms with Crippen molar-refractivity contribution in [3.8, 4) is 5.75 Å². The molecule has 1 aromatic carbocycles. The number of hydrogen-bond acceptors (Lipinski definition) is 4. The zero-order chi connectivity index (χ0) is 19.9. The third kappa shape index (κ3) is 3.78. The molecule has 26 heavy (non-hydrogen) atoms. The molecular formula is C19H28N2O4S. The molecule has 7 heteroatoms. The average molecular weight is 381 g/mol. The van der Waals surface area contributed by atoms with Crippen molar-refractivity contribution in [2.45, 2.75) is 32.6 Å². The normalized spacial score (nSPS) is 21.2. The van der Waals surface area contributed by atoms with Crippen molar-refractivity contribution < 1.29 is 17.9 Å². The summed E-state index contributed by atoms with van der Waals surface area (Å²) in [6.07, 6.45) is 2.12. The summed E-state index contributed by atoms with van der Waals surface area (Å²) in [7, 11) is 0.821. The van der Waals surface area contributed by atoms with Gasteiger partial charge in [-0.1, -0.05) is 25.5 Å². The predicted molar refractivity (Wildman–Crippen MR) is 103 cm³/mol. The lowest BCUT2D eigenvalue weighted by Gasteiger charge is -2.15. The minimum Gasteiger partial charge on any atom is -0.495 e. The monoisotopic (exact) mass is 380 g/mol. The molecule has 2 rings (SSSR count). The van der Waals surface area contributed by atoms with Gasteiger partial charge < -0.3 is 10.1 Å². The van der Waals surface area contributed by atoms with E-state index in [1.165, 1.54) is 38.9 Å². The minimum absolute atomic E-state index is 0.106. The molecule has 0 spiro atoms. The third-order valence-electron chi connectivity index (χ3n) is 4.91. The summed E-state index contributed by atoms with van der Waals surface area (Å²) in [4.78, 5) is 12.9. The van der Waals surface area contributed by atoms with Crippen LogP contribution >= 0.6 is 0 Å². The standard InChI is InChI=1S/C19H28N2O4S/c1-12(2)10-14-17(19(14,3)4)18(22)20-15-11-13(8-9-16(15)25-7)26(23,24)21(5)6/h8-11,14,17H,1-7H3,(H,20,22). The number of nitrogens with zero attached hydrogens (tertiary/aromatic N) is 1. The van der Waals surface area contributed by atoms with Gasteiger partial charge in [-0.3, -0.25) is 4.79 Å². The number of ether oxygens (including phenoxy) is 1. The molecule has 0 saturated heterocycles. The molecule has 0 bridgehead atoms. The van der Waals surface area contributed by atoms with E-state index in [2.05, 4.69) is 25.2 Å². The smallest absolute Gasteiger partial charge is 0.242 e. The number of amides is 1. The Labute approximate surface area is 156 Å². The molecule has 1 aromatic rings. The van der Waals surface area contributed by atoms with Crippen LogP contribution in [-0.2, 0) is 14.8 Å².